The summed E-state index contributed by atoms with van der Waals surface area (Å²) in [6.45, 7) is 2.37. The molecule has 180 valence electrons. The fourth-order valence-corrected chi connectivity index (χ4v) is 5.78. The van der Waals surface area contributed by atoms with Crippen LogP contribution in [0.4, 0.5) is 28.8 Å². The van der Waals surface area contributed by atoms with E-state index < -0.39 is 0 Å². The molecule has 3 aromatic rings. The van der Waals surface area contributed by atoms with Gasteiger partial charge in [-0.1, -0.05) is 29.3 Å². The average molecular weight is 510 g/mol. The number of halogens is 2. The first-order chi connectivity index (χ1) is 17.0. The maximum atomic E-state index is 13.2. The third-order valence-electron chi connectivity index (χ3n) is 6.87. The van der Waals surface area contributed by atoms with Crippen molar-refractivity contribution in [3.63, 3.8) is 0 Å². The van der Waals surface area contributed by atoms with Gasteiger partial charge >= 0.3 is 0 Å². The summed E-state index contributed by atoms with van der Waals surface area (Å²) in [6.07, 6.45) is 4.07. The summed E-state index contributed by atoms with van der Waals surface area (Å²) in [5.74, 6) is 0.745. The Morgan fingerprint density at radius 3 is 2.40 bits per heavy atom. The lowest BCUT2D eigenvalue weighted by molar-refractivity contribution is 0.0982. The number of anilines is 5. The van der Waals surface area contributed by atoms with Gasteiger partial charge in [0, 0.05) is 49.8 Å². The van der Waals surface area contributed by atoms with Crippen molar-refractivity contribution in [1.82, 2.24) is 15.3 Å². The van der Waals surface area contributed by atoms with Gasteiger partial charge in [0.05, 0.1) is 22.4 Å². The fraction of sp³-hybridized carbons (Fsp3) is 0.320. The van der Waals surface area contributed by atoms with Crippen LogP contribution in [0.25, 0.3) is 0 Å². The zero-order valence-electron chi connectivity index (χ0n) is 19.2. The van der Waals surface area contributed by atoms with Gasteiger partial charge in [-0.25, -0.2) is 4.98 Å². The molecular formula is C25H25Cl2N7O. The molecule has 6 rings (SSSR count). The first-order valence-electron chi connectivity index (χ1n) is 11.7. The molecule has 0 aliphatic carbocycles. The lowest BCUT2D eigenvalue weighted by Crippen LogP contribution is -2.51. The SMILES string of the molecule is CN1CN(c2c(Cl)cccc2Cl)C(=O)c2cnc(Nc3ccc(N4CC5CCC(C4)N5)cc3)nc21. The number of rotatable bonds is 4. The molecule has 10 heteroatoms. The molecule has 2 atom stereocenters. The molecule has 2 fully saturated rings. The molecule has 3 aliphatic heterocycles. The third kappa shape index (κ3) is 4.16. The standard InChI is InChI=1S/C25H25Cl2N7O/c1-32-14-34(22-20(26)3-2-4-21(22)27)24(35)19-11-28-25(31-23(19)32)30-15-7-9-18(10-8-15)33-12-16-5-6-17(13-33)29-16/h2-4,7-11,16-17,29H,5-6,12-14H2,1H3,(H,28,30,31). The molecule has 8 nitrogen and oxygen atoms in total. The number of hydrogen-bond acceptors (Lipinski definition) is 7. The second-order valence-electron chi connectivity index (χ2n) is 9.29. The van der Waals surface area contributed by atoms with E-state index in [-0.39, 0.29) is 12.6 Å². The number of amides is 1. The molecular weight excluding hydrogens is 485 g/mol. The Labute approximate surface area is 213 Å². The van der Waals surface area contributed by atoms with Gasteiger partial charge in [-0.2, -0.15) is 4.98 Å². The number of hydrogen-bond donors (Lipinski definition) is 2. The van der Waals surface area contributed by atoms with Gasteiger partial charge in [0.25, 0.3) is 5.91 Å². The number of nitrogens with one attached hydrogen (secondary N) is 2. The van der Waals surface area contributed by atoms with E-state index in [1.54, 1.807) is 29.3 Å². The van der Waals surface area contributed by atoms with Crippen LogP contribution < -0.4 is 25.3 Å². The summed E-state index contributed by atoms with van der Waals surface area (Å²) >= 11 is 12.7. The Kier molecular flexibility index (Phi) is 5.67. The van der Waals surface area contributed by atoms with Crippen LogP contribution in [0.3, 0.4) is 0 Å². The normalized spacial score (nSPS) is 21.3. The number of fused-ring (bicyclic) bond motifs is 3. The van der Waals surface area contributed by atoms with E-state index in [1.807, 2.05) is 24.1 Å². The molecule has 0 radical (unpaired) electrons. The molecule has 2 aromatic carbocycles. The zero-order valence-corrected chi connectivity index (χ0v) is 20.7. The number of piperazine rings is 1. The Balaban J connectivity index is 1.20. The smallest absolute Gasteiger partial charge is 0.265 e. The zero-order chi connectivity index (χ0) is 24.1. The van der Waals surface area contributed by atoms with Crippen molar-refractivity contribution in [2.75, 3.05) is 46.8 Å². The molecule has 1 amide bonds. The maximum absolute atomic E-state index is 13.2. The van der Waals surface area contributed by atoms with Crippen LogP contribution in [0, 0.1) is 0 Å². The van der Waals surface area contributed by atoms with Gasteiger partial charge in [-0.3, -0.25) is 9.69 Å². The minimum Gasteiger partial charge on any atom is -0.368 e. The molecule has 0 saturated carbocycles. The third-order valence-corrected chi connectivity index (χ3v) is 7.48. The molecule has 35 heavy (non-hydrogen) atoms. The van der Waals surface area contributed by atoms with Crippen LogP contribution in [-0.4, -0.2) is 54.8 Å². The highest BCUT2D eigenvalue weighted by atomic mass is 35.5. The summed E-state index contributed by atoms with van der Waals surface area (Å²) < 4.78 is 0. The van der Waals surface area contributed by atoms with E-state index >= 15 is 0 Å². The number of aromatic nitrogens is 2. The fourth-order valence-electron chi connectivity index (χ4n) is 5.18. The Morgan fingerprint density at radius 1 is 1.03 bits per heavy atom. The van der Waals surface area contributed by atoms with Gasteiger partial charge in [0.15, 0.2) is 0 Å². The largest absolute Gasteiger partial charge is 0.368 e. The Hall–Kier alpha value is -3.07. The monoisotopic (exact) mass is 509 g/mol. The molecule has 2 bridgehead atoms. The minimum atomic E-state index is -0.242. The summed E-state index contributed by atoms with van der Waals surface area (Å²) in [5.41, 5.74) is 2.99. The van der Waals surface area contributed by atoms with Crippen LogP contribution >= 0.6 is 23.2 Å². The van der Waals surface area contributed by atoms with Crippen LogP contribution in [0.15, 0.2) is 48.7 Å². The molecule has 3 aliphatic rings. The first kappa shape index (κ1) is 22.4. The van der Waals surface area contributed by atoms with Crippen molar-refractivity contribution in [2.24, 2.45) is 0 Å². The second-order valence-corrected chi connectivity index (χ2v) is 10.1. The quantitative estimate of drug-likeness (QED) is 0.535. The number of carbonyl (C=O) groups excluding carboxylic acids is 1. The highest BCUT2D eigenvalue weighted by molar-refractivity contribution is 6.40. The average Bonchev–Trinajstić information content (AvgIpc) is 3.19. The van der Waals surface area contributed by atoms with E-state index in [0.717, 1.165) is 18.8 Å². The highest BCUT2D eigenvalue weighted by Crippen LogP contribution is 2.37. The van der Waals surface area contributed by atoms with Gasteiger partial charge in [0.2, 0.25) is 5.95 Å². The number of benzene rings is 2. The van der Waals surface area contributed by atoms with E-state index in [9.17, 15) is 4.79 Å². The summed E-state index contributed by atoms with van der Waals surface area (Å²) in [6, 6.07) is 14.7. The highest BCUT2D eigenvalue weighted by Gasteiger charge is 2.33. The predicted molar refractivity (Wildman–Crippen MR) is 140 cm³/mol. The number of nitrogens with zero attached hydrogens (tertiary/aromatic N) is 5. The Bertz CT molecular complexity index is 1250. The van der Waals surface area contributed by atoms with Crippen molar-refractivity contribution < 1.29 is 4.79 Å². The minimum absolute atomic E-state index is 0.242. The van der Waals surface area contributed by atoms with Crippen LogP contribution in [0.5, 0.6) is 0 Å². The molecule has 4 heterocycles. The van der Waals surface area contributed by atoms with Crippen molar-refractivity contribution in [3.8, 4) is 0 Å². The topological polar surface area (TPSA) is 76.6 Å². The number of carbonyl (C=O) groups is 1. The molecule has 0 spiro atoms. The van der Waals surface area contributed by atoms with E-state index in [1.165, 1.54) is 18.5 Å². The predicted octanol–water partition coefficient (Wildman–Crippen LogP) is 4.52. The summed E-state index contributed by atoms with van der Waals surface area (Å²) in [4.78, 5) is 28.2. The number of para-hydroxylation sites is 1. The first-order valence-corrected chi connectivity index (χ1v) is 12.4. The lowest BCUT2D eigenvalue weighted by atomic mass is 10.2. The van der Waals surface area contributed by atoms with Crippen molar-refractivity contribution in [3.05, 3.63) is 64.3 Å². The van der Waals surface area contributed by atoms with Gasteiger partial charge in [-0.15, -0.1) is 0 Å². The molecule has 2 saturated heterocycles. The van der Waals surface area contributed by atoms with E-state index in [2.05, 4.69) is 37.6 Å². The second kappa shape index (κ2) is 8.86. The van der Waals surface area contributed by atoms with E-state index in [0.29, 0.717) is 45.1 Å². The van der Waals surface area contributed by atoms with E-state index in [4.69, 9.17) is 23.2 Å². The Morgan fingerprint density at radius 2 is 1.71 bits per heavy atom. The summed E-state index contributed by atoms with van der Waals surface area (Å²) in [5, 5.41) is 7.76. The van der Waals surface area contributed by atoms with Crippen LogP contribution in [0.2, 0.25) is 10.0 Å². The maximum Gasteiger partial charge on any atom is 0.265 e. The van der Waals surface area contributed by atoms with Gasteiger partial charge in [-0.05, 0) is 49.2 Å². The molecule has 2 unspecified atom stereocenters. The van der Waals surface area contributed by atoms with Crippen molar-refractivity contribution >= 4 is 57.9 Å². The van der Waals surface area contributed by atoms with Crippen molar-refractivity contribution in [2.45, 2.75) is 24.9 Å². The van der Waals surface area contributed by atoms with Gasteiger partial charge in [0.1, 0.15) is 11.4 Å². The molecule has 1 aromatic heterocycles. The van der Waals surface area contributed by atoms with Crippen LogP contribution in [-0.2, 0) is 0 Å². The molecule has 2 N–H and O–H groups in total. The lowest BCUT2D eigenvalue weighted by Gasteiger charge is -2.35. The summed E-state index contributed by atoms with van der Waals surface area (Å²) in [7, 11) is 1.87. The van der Waals surface area contributed by atoms with Crippen molar-refractivity contribution in [1.29, 1.82) is 0 Å². The van der Waals surface area contributed by atoms with Crippen LogP contribution in [0.1, 0.15) is 23.2 Å². The van der Waals surface area contributed by atoms with Gasteiger partial charge < -0.3 is 20.4 Å².